The van der Waals surface area contributed by atoms with E-state index in [1.165, 1.54) is 28.5 Å². The Bertz CT molecular complexity index is 1020. The molecule has 4 rings (SSSR count). The largest absolute Gasteiger partial charge is 0.351 e. The summed E-state index contributed by atoms with van der Waals surface area (Å²) in [5.41, 5.74) is 3.96. The summed E-state index contributed by atoms with van der Waals surface area (Å²) in [6.07, 6.45) is 1.00. The lowest BCUT2D eigenvalue weighted by Gasteiger charge is -2.16. The second-order valence-electron chi connectivity index (χ2n) is 8.58. The third kappa shape index (κ3) is 7.57. The minimum atomic E-state index is 0.0706. The summed E-state index contributed by atoms with van der Waals surface area (Å²) >= 11 is 4.73. The maximum atomic E-state index is 12.4. The number of amides is 1. The number of rotatable bonds is 10. The van der Waals surface area contributed by atoms with Gasteiger partial charge in [0.25, 0.3) is 0 Å². The van der Waals surface area contributed by atoms with E-state index in [-0.39, 0.29) is 11.9 Å². The van der Waals surface area contributed by atoms with Gasteiger partial charge in [-0.3, -0.25) is 9.69 Å². The fourth-order valence-electron chi connectivity index (χ4n) is 3.79. The molecule has 1 fully saturated rings. The average Bonchev–Trinajstić information content (AvgIpc) is 3.46. The van der Waals surface area contributed by atoms with Crippen LogP contribution in [0.1, 0.15) is 42.9 Å². The van der Waals surface area contributed by atoms with E-state index in [0.717, 1.165) is 40.5 Å². The molecule has 1 N–H and O–H groups in total. The van der Waals surface area contributed by atoms with Crippen molar-refractivity contribution in [1.82, 2.24) is 20.4 Å². The molecule has 1 amide bonds. The van der Waals surface area contributed by atoms with Gasteiger partial charge >= 0.3 is 0 Å². The van der Waals surface area contributed by atoms with E-state index in [1.807, 2.05) is 6.07 Å². The molecule has 1 atom stereocenters. The van der Waals surface area contributed by atoms with E-state index in [9.17, 15) is 4.79 Å². The van der Waals surface area contributed by atoms with E-state index in [0.29, 0.717) is 11.7 Å². The first-order chi connectivity index (χ1) is 16.0. The Kier molecular flexibility index (Phi) is 8.83. The van der Waals surface area contributed by atoms with Gasteiger partial charge in [-0.1, -0.05) is 103 Å². The molecule has 33 heavy (non-hydrogen) atoms. The normalized spacial score (nSPS) is 16.4. The zero-order chi connectivity index (χ0) is 23.0. The molecule has 1 aliphatic heterocycles. The summed E-state index contributed by atoms with van der Waals surface area (Å²) in [7, 11) is 0. The van der Waals surface area contributed by atoms with Gasteiger partial charge in [0.05, 0.1) is 5.75 Å². The first-order valence-electron chi connectivity index (χ1n) is 11.3. The Hall–Kier alpha value is -1.87. The predicted octanol–water partition coefficient (Wildman–Crippen LogP) is 5.44. The van der Waals surface area contributed by atoms with E-state index in [4.69, 9.17) is 0 Å². The lowest BCUT2D eigenvalue weighted by atomic mass is 10.0. The third-order valence-corrected chi connectivity index (χ3v) is 8.87. The minimum Gasteiger partial charge on any atom is -0.351 e. The second kappa shape index (κ2) is 12.0. The molecule has 0 bridgehead atoms. The van der Waals surface area contributed by atoms with Gasteiger partial charge in [-0.05, 0) is 29.0 Å². The number of carbonyl (C=O) groups excluding carboxylic acids is 1. The monoisotopic (exact) mass is 498 g/mol. The number of likely N-dealkylation sites (tertiary alicyclic amines) is 1. The molecule has 3 aromatic rings. The molecule has 1 saturated heterocycles. The lowest BCUT2D eigenvalue weighted by Crippen LogP contribution is -2.37. The van der Waals surface area contributed by atoms with Crippen molar-refractivity contribution in [2.24, 2.45) is 0 Å². The van der Waals surface area contributed by atoms with Crippen molar-refractivity contribution in [2.45, 2.75) is 53.2 Å². The van der Waals surface area contributed by atoms with Crippen molar-refractivity contribution in [2.75, 3.05) is 18.8 Å². The van der Waals surface area contributed by atoms with Crippen LogP contribution in [0.4, 0.5) is 0 Å². The zero-order valence-electron chi connectivity index (χ0n) is 19.1. The maximum Gasteiger partial charge on any atom is 0.230 e. The topological polar surface area (TPSA) is 58.1 Å². The highest BCUT2D eigenvalue weighted by Crippen LogP contribution is 2.31. The Labute approximate surface area is 208 Å². The second-order valence-corrected chi connectivity index (χ2v) is 12.0. The summed E-state index contributed by atoms with van der Waals surface area (Å²) < 4.78 is 1.79. The van der Waals surface area contributed by atoms with Crippen LogP contribution in [0.15, 0.2) is 63.3 Å². The fraction of sp³-hybridized carbons (Fsp3) is 0.400. The average molecular weight is 499 g/mol. The quantitative estimate of drug-likeness (QED) is 0.376. The standard InChI is InChI=1S/C25H30N4OS3/c1-18(2)21-10-8-20(9-11-21)16-31-24-27-28-25(33-24)32-17-23(30)26-22-12-13-29(15-22)14-19-6-4-3-5-7-19/h3-11,18,22H,12-17H2,1-2H3,(H,26,30). The smallest absolute Gasteiger partial charge is 0.230 e. The summed E-state index contributed by atoms with van der Waals surface area (Å²) in [5, 5.41) is 11.7. The fourth-order valence-corrected chi connectivity index (χ4v) is 6.58. The molecular weight excluding hydrogens is 469 g/mol. The zero-order valence-corrected chi connectivity index (χ0v) is 21.5. The van der Waals surface area contributed by atoms with Crippen LogP contribution in [0.3, 0.4) is 0 Å². The molecule has 0 aliphatic carbocycles. The molecule has 1 aromatic heterocycles. The van der Waals surface area contributed by atoms with Crippen molar-refractivity contribution < 1.29 is 4.79 Å². The van der Waals surface area contributed by atoms with Gasteiger partial charge < -0.3 is 5.32 Å². The Morgan fingerprint density at radius 3 is 2.52 bits per heavy atom. The van der Waals surface area contributed by atoms with E-state index in [1.54, 1.807) is 23.1 Å². The number of benzene rings is 2. The van der Waals surface area contributed by atoms with Crippen molar-refractivity contribution in [3.8, 4) is 0 Å². The van der Waals surface area contributed by atoms with Gasteiger partial charge in [0.2, 0.25) is 5.91 Å². The highest BCUT2D eigenvalue weighted by Gasteiger charge is 2.24. The van der Waals surface area contributed by atoms with Crippen LogP contribution in [-0.2, 0) is 17.1 Å². The van der Waals surface area contributed by atoms with Gasteiger partial charge in [-0.25, -0.2) is 0 Å². The number of hydrogen-bond donors (Lipinski definition) is 1. The van der Waals surface area contributed by atoms with Crippen LogP contribution >= 0.6 is 34.9 Å². The van der Waals surface area contributed by atoms with Crippen LogP contribution in [0, 0.1) is 0 Å². The molecule has 0 saturated carbocycles. The number of aromatic nitrogens is 2. The van der Waals surface area contributed by atoms with Gasteiger partial charge in [-0.2, -0.15) is 0 Å². The molecular formula is C25H30N4OS3. The molecule has 8 heteroatoms. The Balaban J connectivity index is 1.16. The Morgan fingerprint density at radius 2 is 1.79 bits per heavy atom. The van der Waals surface area contributed by atoms with Crippen LogP contribution in [0.25, 0.3) is 0 Å². The first kappa shape index (κ1) is 24.3. The van der Waals surface area contributed by atoms with Crippen molar-refractivity contribution >= 4 is 40.8 Å². The molecule has 1 unspecified atom stereocenters. The Morgan fingerprint density at radius 1 is 1.06 bits per heavy atom. The minimum absolute atomic E-state index is 0.0706. The molecule has 1 aliphatic rings. The maximum absolute atomic E-state index is 12.4. The van der Waals surface area contributed by atoms with Crippen molar-refractivity contribution in [3.05, 3.63) is 71.3 Å². The summed E-state index contributed by atoms with van der Waals surface area (Å²) in [6, 6.07) is 19.5. The molecule has 174 valence electrons. The number of hydrogen-bond acceptors (Lipinski definition) is 7. The first-order valence-corrected chi connectivity index (χ1v) is 14.1. The number of nitrogens with one attached hydrogen (secondary N) is 1. The SMILES string of the molecule is CC(C)c1ccc(CSc2nnc(SCC(=O)NC3CCN(Cc4ccccc4)C3)s2)cc1. The van der Waals surface area contributed by atoms with E-state index in [2.05, 4.69) is 82.8 Å². The van der Waals surface area contributed by atoms with Crippen LogP contribution in [0.5, 0.6) is 0 Å². The van der Waals surface area contributed by atoms with Gasteiger partial charge in [0, 0.05) is 31.4 Å². The van der Waals surface area contributed by atoms with E-state index < -0.39 is 0 Å². The van der Waals surface area contributed by atoms with Crippen LogP contribution in [0.2, 0.25) is 0 Å². The molecule has 2 heterocycles. The van der Waals surface area contributed by atoms with Gasteiger partial charge in [-0.15, -0.1) is 10.2 Å². The highest BCUT2D eigenvalue weighted by atomic mass is 32.2. The molecule has 2 aromatic carbocycles. The summed E-state index contributed by atoms with van der Waals surface area (Å²) in [4.78, 5) is 14.8. The lowest BCUT2D eigenvalue weighted by molar-refractivity contribution is -0.119. The highest BCUT2D eigenvalue weighted by molar-refractivity contribution is 8.03. The van der Waals surface area contributed by atoms with Crippen LogP contribution < -0.4 is 5.32 Å². The number of thioether (sulfide) groups is 2. The van der Waals surface area contributed by atoms with Crippen LogP contribution in [-0.4, -0.2) is 45.9 Å². The number of carbonyl (C=O) groups is 1. The molecule has 5 nitrogen and oxygen atoms in total. The predicted molar refractivity (Wildman–Crippen MR) is 139 cm³/mol. The van der Waals surface area contributed by atoms with Gasteiger partial charge in [0.1, 0.15) is 0 Å². The third-order valence-electron chi connectivity index (χ3n) is 5.61. The van der Waals surface area contributed by atoms with Crippen molar-refractivity contribution in [1.29, 1.82) is 0 Å². The molecule has 0 radical (unpaired) electrons. The van der Waals surface area contributed by atoms with E-state index >= 15 is 0 Å². The van der Waals surface area contributed by atoms with Gasteiger partial charge in [0.15, 0.2) is 8.68 Å². The summed E-state index contributed by atoms with van der Waals surface area (Å²) in [6.45, 7) is 7.28. The summed E-state index contributed by atoms with van der Waals surface area (Å²) in [5.74, 6) is 1.87. The number of nitrogens with zero attached hydrogens (tertiary/aromatic N) is 3. The van der Waals surface area contributed by atoms with Crippen molar-refractivity contribution in [3.63, 3.8) is 0 Å². The molecule has 0 spiro atoms.